The van der Waals surface area contributed by atoms with E-state index < -0.39 is 10.0 Å². The van der Waals surface area contributed by atoms with Crippen LogP contribution in [0.15, 0.2) is 89.8 Å². The van der Waals surface area contributed by atoms with Gasteiger partial charge in [0.2, 0.25) is 15.9 Å². The molecule has 1 fully saturated rings. The maximum absolute atomic E-state index is 13.5. The van der Waals surface area contributed by atoms with E-state index in [2.05, 4.69) is 36.5 Å². The molecule has 0 heterocycles. The van der Waals surface area contributed by atoms with Crippen molar-refractivity contribution in [3.63, 3.8) is 0 Å². The second kappa shape index (κ2) is 11.8. The fourth-order valence-corrected chi connectivity index (χ4v) is 6.47. The van der Waals surface area contributed by atoms with E-state index >= 15 is 0 Å². The molecule has 1 atom stereocenters. The average molecular weight is 505 g/mol. The fourth-order valence-electron chi connectivity index (χ4n) is 4.94. The molecule has 3 aromatic rings. The minimum absolute atomic E-state index is 0.0255. The Hall–Kier alpha value is -2.96. The Bertz CT molecular complexity index is 1220. The summed E-state index contributed by atoms with van der Waals surface area (Å²) in [6.07, 6.45) is 3.24. The number of hydrogen-bond acceptors (Lipinski definition) is 3. The zero-order chi connectivity index (χ0) is 25.5. The van der Waals surface area contributed by atoms with Crippen LogP contribution in [-0.2, 0) is 21.4 Å². The Morgan fingerprint density at radius 2 is 1.47 bits per heavy atom. The molecule has 4 rings (SSSR count). The molecule has 190 valence electrons. The lowest BCUT2D eigenvalue weighted by Crippen LogP contribution is -2.38. The van der Waals surface area contributed by atoms with E-state index in [1.54, 1.807) is 28.6 Å². The molecule has 1 aliphatic rings. The molecule has 1 amide bonds. The summed E-state index contributed by atoms with van der Waals surface area (Å²) >= 11 is 0. The molecule has 1 unspecified atom stereocenters. The Balaban J connectivity index is 1.38. The van der Waals surface area contributed by atoms with Crippen molar-refractivity contribution in [2.75, 3.05) is 6.54 Å². The van der Waals surface area contributed by atoms with Crippen molar-refractivity contribution in [2.45, 2.75) is 57.0 Å². The normalized spacial score (nSPS) is 19.1. The van der Waals surface area contributed by atoms with E-state index in [0.29, 0.717) is 18.0 Å². The van der Waals surface area contributed by atoms with Gasteiger partial charge in [-0.2, -0.15) is 4.31 Å². The fraction of sp³-hybridized carbons (Fsp3) is 0.367. The van der Waals surface area contributed by atoms with Crippen LogP contribution in [-0.4, -0.2) is 25.2 Å². The Morgan fingerprint density at radius 3 is 2.08 bits per heavy atom. The highest BCUT2D eigenvalue weighted by atomic mass is 32.2. The van der Waals surface area contributed by atoms with Crippen LogP contribution < -0.4 is 5.32 Å². The Labute approximate surface area is 215 Å². The van der Waals surface area contributed by atoms with Gasteiger partial charge in [0, 0.05) is 19.0 Å². The van der Waals surface area contributed by atoms with Crippen molar-refractivity contribution in [3.8, 4) is 0 Å². The van der Waals surface area contributed by atoms with Crippen molar-refractivity contribution >= 4 is 15.9 Å². The molecule has 0 bridgehead atoms. The largest absolute Gasteiger partial charge is 0.349 e. The second-order valence-electron chi connectivity index (χ2n) is 9.95. The van der Waals surface area contributed by atoms with Gasteiger partial charge in [-0.15, -0.1) is 0 Å². The maximum Gasteiger partial charge on any atom is 0.243 e. The molecule has 0 aromatic heterocycles. The van der Waals surface area contributed by atoms with Crippen LogP contribution in [0.1, 0.15) is 55.3 Å². The van der Waals surface area contributed by atoms with E-state index in [9.17, 15) is 13.2 Å². The molecule has 1 saturated carbocycles. The lowest BCUT2D eigenvalue weighted by molar-refractivity contribution is -0.126. The topological polar surface area (TPSA) is 66.5 Å². The van der Waals surface area contributed by atoms with Gasteiger partial charge >= 0.3 is 0 Å². The van der Waals surface area contributed by atoms with E-state index in [-0.39, 0.29) is 23.8 Å². The average Bonchev–Trinajstić information content (AvgIpc) is 2.90. The molecule has 0 spiro atoms. The van der Waals surface area contributed by atoms with Crippen LogP contribution in [0.5, 0.6) is 0 Å². The molecule has 1 N–H and O–H groups in total. The minimum atomic E-state index is -3.62. The van der Waals surface area contributed by atoms with Gasteiger partial charge in [-0.3, -0.25) is 4.79 Å². The first-order valence-electron chi connectivity index (χ1n) is 12.8. The molecule has 1 aliphatic carbocycles. The van der Waals surface area contributed by atoms with E-state index in [1.165, 1.54) is 5.56 Å². The van der Waals surface area contributed by atoms with Crippen LogP contribution in [0.2, 0.25) is 0 Å². The summed E-state index contributed by atoms with van der Waals surface area (Å²) in [6, 6.07) is 26.6. The second-order valence-corrected chi connectivity index (χ2v) is 11.9. The zero-order valence-electron chi connectivity index (χ0n) is 21.1. The third kappa shape index (κ3) is 6.62. The minimum Gasteiger partial charge on any atom is -0.349 e. The summed E-state index contributed by atoms with van der Waals surface area (Å²) in [7, 11) is -3.62. The summed E-state index contributed by atoms with van der Waals surface area (Å²) in [6.45, 7) is 4.87. The number of amides is 1. The van der Waals surface area contributed by atoms with Gasteiger partial charge in [0.25, 0.3) is 0 Å². The highest BCUT2D eigenvalue weighted by Gasteiger charge is 2.32. The quantitative estimate of drug-likeness (QED) is 0.396. The number of hydrogen-bond donors (Lipinski definition) is 1. The van der Waals surface area contributed by atoms with Crippen molar-refractivity contribution in [1.29, 1.82) is 0 Å². The molecule has 0 aliphatic heterocycles. The summed E-state index contributed by atoms with van der Waals surface area (Å²) in [5, 5.41) is 3.17. The first kappa shape index (κ1) is 26.1. The SMILES string of the molecule is Cc1ccc(C(C)NC(=O)C2CCC(CN(Cc3ccccc3)S(=O)(=O)c3ccccc3)CC2)cc1. The molecule has 0 radical (unpaired) electrons. The number of nitrogens with zero attached hydrogens (tertiary/aromatic N) is 1. The summed E-state index contributed by atoms with van der Waals surface area (Å²) in [5.41, 5.74) is 3.27. The number of rotatable bonds is 9. The van der Waals surface area contributed by atoms with E-state index in [4.69, 9.17) is 0 Å². The maximum atomic E-state index is 13.5. The summed E-state index contributed by atoms with van der Waals surface area (Å²) < 4.78 is 28.7. The van der Waals surface area contributed by atoms with Gasteiger partial charge in [-0.05, 0) is 68.7 Å². The first-order valence-corrected chi connectivity index (χ1v) is 14.2. The molecular formula is C30H36N2O3S. The molecule has 0 saturated heterocycles. The number of carbonyl (C=O) groups excluding carboxylic acids is 1. The number of aryl methyl sites for hydroxylation is 1. The predicted molar refractivity (Wildman–Crippen MR) is 144 cm³/mol. The summed E-state index contributed by atoms with van der Waals surface area (Å²) in [4.78, 5) is 13.3. The third-order valence-electron chi connectivity index (χ3n) is 7.20. The van der Waals surface area contributed by atoms with E-state index in [1.807, 2.05) is 43.3 Å². The Kier molecular flexibility index (Phi) is 8.60. The van der Waals surface area contributed by atoms with Gasteiger partial charge in [0.15, 0.2) is 0 Å². The summed E-state index contributed by atoms with van der Waals surface area (Å²) in [5.74, 6) is 0.299. The molecule has 5 nitrogen and oxygen atoms in total. The van der Waals surface area contributed by atoms with Crippen LogP contribution >= 0.6 is 0 Å². The first-order chi connectivity index (χ1) is 17.3. The van der Waals surface area contributed by atoms with Crippen molar-refractivity contribution in [1.82, 2.24) is 9.62 Å². The van der Waals surface area contributed by atoms with Gasteiger partial charge in [-0.1, -0.05) is 78.4 Å². The van der Waals surface area contributed by atoms with Crippen molar-refractivity contribution < 1.29 is 13.2 Å². The van der Waals surface area contributed by atoms with Crippen LogP contribution in [0.4, 0.5) is 0 Å². The van der Waals surface area contributed by atoms with Gasteiger partial charge in [0.1, 0.15) is 0 Å². The molecule has 36 heavy (non-hydrogen) atoms. The van der Waals surface area contributed by atoms with E-state index in [0.717, 1.165) is 36.8 Å². The standard InChI is InChI=1S/C30H36N2O3S/c1-23-13-17-27(18-14-23)24(2)31-30(33)28-19-15-26(16-20-28)22-32(21-25-9-5-3-6-10-25)36(34,35)29-11-7-4-8-12-29/h3-14,17-18,24,26,28H,15-16,19-22H2,1-2H3,(H,31,33). The van der Waals surface area contributed by atoms with Gasteiger partial charge in [-0.25, -0.2) is 8.42 Å². The number of benzene rings is 3. The number of sulfonamides is 1. The Morgan fingerprint density at radius 1 is 0.889 bits per heavy atom. The van der Waals surface area contributed by atoms with Crippen LogP contribution in [0.3, 0.4) is 0 Å². The van der Waals surface area contributed by atoms with Gasteiger partial charge in [0.05, 0.1) is 10.9 Å². The number of carbonyl (C=O) groups is 1. The molecular weight excluding hydrogens is 468 g/mol. The molecule has 6 heteroatoms. The lowest BCUT2D eigenvalue weighted by atomic mass is 9.81. The zero-order valence-corrected chi connectivity index (χ0v) is 22.0. The third-order valence-corrected chi connectivity index (χ3v) is 9.02. The highest BCUT2D eigenvalue weighted by molar-refractivity contribution is 7.89. The smallest absolute Gasteiger partial charge is 0.243 e. The highest BCUT2D eigenvalue weighted by Crippen LogP contribution is 2.32. The van der Waals surface area contributed by atoms with Gasteiger partial charge < -0.3 is 5.32 Å². The van der Waals surface area contributed by atoms with Crippen LogP contribution in [0.25, 0.3) is 0 Å². The predicted octanol–water partition coefficient (Wildman–Crippen LogP) is 5.87. The monoisotopic (exact) mass is 504 g/mol. The van der Waals surface area contributed by atoms with Crippen molar-refractivity contribution in [3.05, 3.63) is 102 Å². The molecule has 3 aromatic carbocycles. The van der Waals surface area contributed by atoms with Crippen LogP contribution in [0, 0.1) is 18.8 Å². The lowest BCUT2D eigenvalue weighted by Gasteiger charge is -2.32. The number of nitrogens with one attached hydrogen (secondary N) is 1. The van der Waals surface area contributed by atoms with Crippen molar-refractivity contribution in [2.24, 2.45) is 11.8 Å².